The Morgan fingerprint density at radius 1 is 1.00 bits per heavy atom. The molecule has 32 heavy (non-hydrogen) atoms. The second-order valence-corrected chi connectivity index (χ2v) is 11.6. The monoisotopic (exact) mass is 559 g/mol. The van der Waals surface area contributed by atoms with Crippen molar-refractivity contribution in [3.8, 4) is 5.75 Å². The molecule has 0 saturated heterocycles. The van der Waals surface area contributed by atoms with Crippen LogP contribution >= 0.6 is 24.8 Å². The summed E-state index contributed by atoms with van der Waals surface area (Å²) in [6, 6.07) is 5.93. The van der Waals surface area contributed by atoms with Crippen molar-refractivity contribution in [2.45, 2.75) is 99.8 Å². The number of hydrogen-bond donors (Lipinski definition) is 1. The standard InChI is InChI=1S/C14H22O.C14H23.2ClH.Zr/c1-13(2,3)10-7-8-12(15)11(9-10)14(4,5)6;1-6-7-8-10-14(5)11-9-12(2)13(14,3)4;;;/h7-9,15H,1-6H3;6-8,12H,9,11H2,1-5H3;2*1H;/q;-1;;;. The predicted octanol–water partition coefficient (Wildman–Crippen LogP) is 9.21. The van der Waals surface area contributed by atoms with Gasteiger partial charge in [0.25, 0.3) is 0 Å². The van der Waals surface area contributed by atoms with E-state index in [-0.39, 0.29) is 67.3 Å². The van der Waals surface area contributed by atoms with E-state index in [1.807, 2.05) is 13.0 Å². The summed E-state index contributed by atoms with van der Waals surface area (Å²) in [5.74, 6) is 1.20. The average molecular weight is 562 g/mol. The summed E-state index contributed by atoms with van der Waals surface area (Å²) >= 11 is 0. The molecule has 0 aliphatic heterocycles. The second kappa shape index (κ2) is 13.8. The second-order valence-electron chi connectivity index (χ2n) is 11.6. The summed E-state index contributed by atoms with van der Waals surface area (Å²) < 4.78 is 0. The molecule has 2 unspecified atom stereocenters. The number of aromatic hydroxyl groups is 1. The van der Waals surface area contributed by atoms with Crippen LogP contribution in [0.15, 0.2) is 36.4 Å². The molecule has 1 N–H and O–H groups in total. The van der Waals surface area contributed by atoms with Crippen molar-refractivity contribution in [1.82, 2.24) is 0 Å². The summed E-state index contributed by atoms with van der Waals surface area (Å²) in [4.78, 5) is 0. The maximum absolute atomic E-state index is 9.84. The molecule has 0 bridgehead atoms. The van der Waals surface area contributed by atoms with Crippen LogP contribution in [0.1, 0.15) is 100 Å². The largest absolute Gasteiger partial charge is 0.508 e. The van der Waals surface area contributed by atoms with Crippen molar-refractivity contribution in [2.24, 2.45) is 16.7 Å². The van der Waals surface area contributed by atoms with E-state index < -0.39 is 0 Å². The van der Waals surface area contributed by atoms with Crippen molar-refractivity contribution in [1.29, 1.82) is 0 Å². The summed E-state index contributed by atoms with van der Waals surface area (Å²) in [7, 11) is 0. The zero-order valence-electron chi connectivity index (χ0n) is 22.2. The van der Waals surface area contributed by atoms with Gasteiger partial charge in [0.2, 0.25) is 0 Å². The fraction of sp³-hybridized carbons (Fsp3) is 0.643. The Balaban J connectivity index is -0.000000481. The Bertz CT molecular complexity index is 739. The van der Waals surface area contributed by atoms with Gasteiger partial charge in [0.05, 0.1) is 0 Å². The van der Waals surface area contributed by atoms with Crippen molar-refractivity contribution in [3.05, 3.63) is 53.6 Å². The normalized spacial score (nSPS) is 22.4. The Labute approximate surface area is 230 Å². The summed E-state index contributed by atoms with van der Waals surface area (Å²) in [6.07, 6.45) is 12.4. The maximum atomic E-state index is 9.84. The fourth-order valence-electron chi connectivity index (χ4n) is 3.92. The van der Waals surface area contributed by atoms with Gasteiger partial charge < -0.3 is 5.11 Å². The Hall–Kier alpha value is -0.0369. The Morgan fingerprint density at radius 3 is 1.91 bits per heavy atom. The molecule has 0 amide bonds. The van der Waals surface area contributed by atoms with Crippen LogP contribution in [0, 0.1) is 22.8 Å². The molecular formula is C28H47Cl2OZr-. The number of halogens is 2. The van der Waals surface area contributed by atoms with E-state index in [2.05, 4.69) is 99.6 Å². The van der Waals surface area contributed by atoms with Crippen LogP contribution in [0.4, 0.5) is 0 Å². The minimum Gasteiger partial charge on any atom is -0.508 e. The molecule has 4 heteroatoms. The Morgan fingerprint density at radius 2 is 1.53 bits per heavy atom. The third-order valence-electron chi connectivity index (χ3n) is 7.09. The van der Waals surface area contributed by atoms with Crippen LogP contribution in [-0.2, 0) is 37.0 Å². The molecule has 2 rings (SSSR count). The van der Waals surface area contributed by atoms with Crippen LogP contribution < -0.4 is 0 Å². The summed E-state index contributed by atoms with van der Waals surface area (Å²) in [5, 5.41) is 9.84. The third kappa shape index (κ3) is 9.31. The van der Waals surface area contributed by atoms with Gasteiger partial charge in [0.1, 0.15) is 5.75 Å². The smallest absolute Gasteiger partial charge is 0.119 e. The molecule has 0 aromatic heterocycles. The van der Waals surface area contributed by atoms with Crippen molar-refractivity contribution in [3.63, 3.8) is 0 Å². The molecule has 1 aliphatic carbocycles. The predicted molar refractivity (Wildman–Crippen MR) is 143 cm³/mol. The van der Waals surface area contributed by atoms with E-state index in [0.29, 0.717) is 11.2 Å². The van der Waals surface area contributed by atoms with Gasteiger partial charge in [-0.1, -0.05) is 107 Å². The molecule has 2 atom stereocenters. The van der Waals surface area contributed by atoms with Crippen LogP contribution in [0.25, 0.3) is 0 Å². The first kappa shape index (κ1) is 36.5. The van der Waals surface area contributed by atoms with Crippen molar-refractivity contribution in [2.75, 3.05) is 0 Å². The number of hydrogen-bond acceptors (Lipinski definition) is 1. The van der Waals surface area contributed by atoms with Gasteiger partial charge in [-0.25, -0.2) is 12.2 Å². The molecule has 1 aliphatic rings. The zero-order chi connectivity index (χ0) is 22.7. The molecule has 1 nitrogen and oxygen atoms in total. The van der Waals surface area contributed by atoms with Gasteiger partial charge in [-0.3, -0.25) is 6.08 Å². The van der Waals surface area contributed by atoms with E-state index in [1.165, 1.54) is 18.4 Å². The molecule has 1 fully saturated rings. The number of phenolic OH excluding ortho intramolecular Hbond substituents is 1. The fourth-order valence-corrected chi connectivity index (χ4v) is 3.92. The minimum absolute atomic E-state index is 0. The molecule has 0 radical (unpaired) electrons. The Kier molecular flexibility index (Phi) is 15.7. The first-order valence-corrected chi connectivity index (χ1v) is 11.1. The topological polar surface area (TPSA) is 20.2 Å². The van der Waals surface area contributed by atoms with Crippen LogP contribution in [0.3, 0.4) is 0 Å². The number of rotatable bonds is 2. The van der Waals surface area contributed by atoms with Crippen LogP contribution in [0.2, 0.25) is 0 Å². The average Bonchev–Trinajstić information content (AvgIpc) is 2.77. The van der Waals surface area contributed by atoms with Gasteiger partial charge in [-0.15, -0.1) is 24.8 Å². The molecule has 1 aromatic carbocycles. The molecule has 1 saturated carbocycles. The molecule has 0 spiro atoms. The first-order chi connectivity index (χ1) is 13.1. The van der Waals surface area contributed by atoms with E-state index in [9.17, 15) is 5.11 Å². The van der Waals surface area contributed by atoms with Gasteiger partial charge >= 0.3 is 0 Å². The van der Waals surface area contributed by atoms with E-state index in [0.717, 1.165) is 11.5 Å². The molecular weight excluding hydrogens is 514 g/mol. The molecule has 1 aromatic rings. The minimum atomic E-state index is -0.00859. The maximum Gasteiger partial charge on any atom is 0.119 e. The zero-order valence-corrected chi connectivity index (χ0v) is 26.3. The van der Waals surface area contributed by atoms with E-state index in [1.54, 1.807) is 6.07 Å². The summed E-state index contributed by atoms with van der Waals surface area (Å²) in [6.45, 7) is 24.4. The number of phenols is 1. The van der Waals surface area contributed by atoms with Crippen LogP contribution in [-0.4, -0.2) is 5.11 Å². The molecule has 184 valence electrons. The third-order valence-corrected chi connectivity index (χ3v) is 7.09. The quantitative estimate of drug-likeness (QED) is 0.282. The van der Waals surface area contributed by atoms with Gasteiger partial charge in [0, 0.05) is 26.2 Å². The number of allylic oxidation sites excluding steroid dienone is 4. The van der Waals surface area contributed by atoms with E-state index in [4.69, 9.17) is 0 Å². The van der Waals surface area contributed by atoms with E-state index >= 15 is 0 Å². The number of benzene rings is 1. The van der Waals surface area contributed by atoms with Crippen molar-refractivity contribution < 1.29 is 31.3 Å². The van der Waals surface area contributed by atoms with Gasteiger partial charge in [0.15, 0.2) is 0 Å². The summed E-state index contributed by atoms with van der Waals surface area (Å²) in [5.41, 5.74) is 3.05. The van der Waals surface area contributed by atoms with Gasteiger partial charge in [-0.05, 0) is 39.4 Å². The van der Waals surface area contributed by atoms with Crippen molar-refractivity contribution >= 4 is 24.8 Å². The SMILES string of the molecule is CC(C)(C)c1ccc(O)c(C(C)(C)C)c1.CC=CC=[C-]C1(C)CCC(C)C1(C)C.Cl.Cl.[Zr]. The molecule has 0 heterocycles. The van der Waals surface area contributed by atoms with Gasteiger partial charge in [-0.2, -0.15) is 6.08 Å². The van der Waals surface area contributed by atoms with Crippen LogP contribution in [0.5, 0.6) is 5.75 Å². The first-order valence-electron chi connectivity index (χ1n) is 11.1.